The van der Waals surface area contributed by atoms with E-state index in [4.69, 9.17) is 5.73 Å². The predicted molar refractivity (Wildman–Crippen MR) is 69.5 cm³/mol. The van der Waals surface area contributed by atoms with Gasteiger partial charge in [0.25, 0.3) is 0 Å². The van der Waals surface area contributed by atoms with Crippen molar-refractivity contribution < 1.29 is 8.42 Å². The van der Waals surface area contributed by atoms with Crippen LogP contribution < -0.4 is 10.5 Å². The van der Waals surface area contributed by atoms with Crippen molar-refractivity contribution in [3.63, 3.8) is 0 Å². The average molecular weight is 272 g/mol. The normalized spacial score (nSPS) is 21.6. The van der Waals surface area contributed by atoms with Gasteiger partial charge in [-0.2, -0.15) is 0 Å². The molecule has 3 N–H and O–H groups in total. The van der Waals surface area contributed by atoms with Crippen LogP contribution in [0.1, 0.15) is 12.1 Å². The molecule has 1 aromatic rings. The lowest BCUT2D eigenvalue weighted by atomic mass is 10.3. The number of likely N-dealkylation sites (tertiary alicyclic amines) is 1. The van der Waals surface area contributed by atoms with Crippen molar-refractivity contribution in [3.05, 3.63) is 18.0 Å². The second-order valence-electron chi connectivity index (χ2n) is 4.85. The van der Waals surface area contributed by atoms with E-state index in [-0.39, 0.29) is 6.04 Å². The largest absolute Gasteiger partial charge is 0.352 e. The van der Waals surface area contributed by atoms with Crippen LogP contribution in [-0.2, 0) is 23.6 Å². The minimum absolute atomic E-state index is 0.00142. The van der Waals surface area contributed by atoms with Gasteiger partial charge in [-0.3, -0.25) is 0 Å². The molecule has 6 nitrogen and oxygen atoms in total. The maximum Gasteiger partial charge on any atom is 0.242 e. The highest BCUT2D eigenvalue weighted by molar-refractivity contribution is 7.89. The second kappa shape index (κ2) is 5.00. The third kappa shape index (κ3) is 2.74. The summed E-state index contributed by atoms with van der Waals surface area (Å²) in [5.74, 6) is 0. The molecule has 7 heteroatoms. The lowest BCUT2D eigenvalue weighted by Gasteiger charge is -2.12. The Hall–Kier alpha value is -0.890. The zero-order valence-electron chi connectivity index (χ0n) is 10.8. The number of hydrogen-bond donors (Lipinski definition) is 2. The summed E-state index contributed by atoms with van der Waals surface area (Å²) in [6.07, 6.45) is 2.45. The van der Waals surface area contributed by atoms with Gasteiger partial charge in [0.15, 0.2) is 0 Å². The van der Waals surface area contributed by atoms with E-state index >= 15 is 0 Å². The number of nitrogens with one attached hydrogen (secondary N) is 1. The Morgan fingerprint density at radius 3 is 2.72 bits per heavy atom. The first-order chi connectivity index (χ1) is 8.42. The quantitative estimate of drug-likeness (QED) is 0.772. The molecule has 0 amide bonds. The lowest BCUT2D eigenvalue weighted by Crippen LogP contribution is -2.36. The van der Waals surface area contributed by atoms with Crippen molar-refractivity contribution in [3.8, 4) is 0 Å². The molecule has 0 bridgehead atoms. The monoisotopic (exact) mass is 272 g/mol. The molecule has 0 saturated carbocycles. The van der Waals surface area contributed by atoms with Gasteiger partial charge in [-0.15, -0.1) is 0 Å². The average Bonchev–Trinajstić information content (AvgIpc) is 2.84. The molecule has 2 heterocycles. The number of aromatic nitrogens is 1. The highest BCUT2D eigenvalue weighted by Crippen LogP contribution is 2.15. The highest BCUT2D eigenvalue weighted by Gasteiger charge is 2.26. The van der Waals surface area contributed by atoms with Crippen LogP contribution in [0.3, 0.4) is 0 Å². The number of nitrogens with zero attached hydrogens (tertiary/aromatic N) is 2. The Bertz CT molecular complexity index is 523. The minimum atomic E-state index is -3.43. The molecular weight excluding hydrogens is 252 g/mol. The van der Waals surface area contributed by atoms with Gasteiger partial charge in [-0.05, 0) is 26.1 Å². The summed E-state index contributed by atoms with van der Waals surface area (Å²) >= 11 is 0. The smallest absolute Gasteiger partial charge is 0.242 e. The number of rotatable bonds is 4. The van der Waals surface area contributed by atoms with Gasteiger partial charge in [-0.1, -0.05) is 0 Å². The van der Waals surface area contributed by atoms with Gasteiger partial charge < -0.3 is 15.2 Å². The van der Waals surface area contributed by atoms with E-state index in [0.29, 0.717) is 11.4 Å². The molecule has 102 valence electrons. The predicted octanol–water partition coefficient (Wildman–Crippen LogP) is -0.534. The summed E-state index contributed by atoms with van der Waals surface area (Å²) in [6, 6.07) is 1.63. The van der Waals surface area contributed by atoms with Gasteiger partial charge >= 0.3 is 0 Å². The Morgan fingerprint density at radius 2 is 2.22 bits per heavy atom. The van der Waals surface area contributed by atoms with Gasteiger partial charge in [0, 0.05) is 38.1 Å². The van der Waals surface area contributed by atoms with Crippen LogP contribution in [0.25, 0.3) is 0 Å². The molecule has 1 fully saturated rings. The highest BCUT2D eigenvalue weighted by atomic mass is 32.2. The fraction of sp³-hybridized carbons (Fsp3) is 0.636. The van der Waals surface area contributed by atoms with E-state index in [1.807, 2.05) is 7.05 Å². The third-order valence-corrected chi connectivity index (χ3v) is 4.80. The van der Waals surface area contributed by atoms with Crippen LogP contribution in [-0.4, -0.2) is 44.1 Å². The fourth-order valence-electron chi connectivity index (χ4n) is 2.25. The summed E-state index contributed by atoms with van der Waals surface area (Å²) in [4.78, 5) is 2.41. The Kier molecular flexibility index (Phi) is 3.76. The Balaban J connectivity index is 2.15. The molecule has 0 radical (unpaired) electrons. The molecule has 2 rings (SSSR count). The van der Waals surface area contributed by atoms with Gasteiger partial charge in [0.1, 0.15) is 0 Å². The topological polar surface area (TPSA) is 80.4 Å². The molecular formula is C11H20N4O2S. The molecule has 1 aliphatic rings. The fourth-order valence-corrected chi connectivity index (χ4v) is 3.60. The maximum absolute atomic E-state index is 12.2. The molecule has 1 aliphatic heterocycles. The Labute approximate surface area is 108 Å². The van der Waals surface area contributed by atoms with Crippen LogP contribution in [0.4, 0.5) is 0 Å². The first-order valence-electron chi connectivity index (χ1n) is 5.98. The van der Waals surface area contributed by atoms with Gasteiger partial charge in [0.05, 0.1) is 4.90 Å². The zero-order chi connectivity index (χ0) is 13.3. The summed E-state index contributed by atoms with van der Waals surface area (Å²) in [6.45, 7) is 2.02. The zero-order valence-corrected chi connectivity index (χ0v) is 11.6. The molecule has 0 spiro atoms. The number of sulfonamides is 1. The van der Waals surface area contributed by atoms with E-state index in [1.165, 1.54) is 0 Å². The summed E-state index contributed by atoms with van der Waals surface area (Å²) < 4.78 is 28.9. The first-order valence-corrected chi connectivity index (χ1v) is 7.47. The minimum Gasteiger partial charge on any atom is -0.352 e. The Morgan fingerprint density at radius 1 is 1.50 bits per heavy atom. The summed E-state index contributed by atoms with van der Waals surface area (Å²) in [7, 11) is 0.354. The van der Waals surface area contributed by atoms with Crippen LogP contribution in [0.5, 0.6) is 0 Å². The van der Waals surface area contributed by atoms with E-state index < -0.39 is 10.0 Å². The number of nitrogens with two attached hydrogens (primary N) is 1. The van der Waals surface area contributed by atoms with Crippen LogP contribution in [0, 0.1) is 0 Å². The van der Waals surface area contributed by atoms with Crippen molar-refractivity contribution in [2.24, 2.45) is 12.8 Å². The van der Waals surface area contributed by atoms with Crippen molar-refractivity contribution in [1.82, 2.24) is 14.2 Å². The van der Waals surface area contributed by atoms with E-state index in [1.54, 1.807) is 23.9 Å². The molecule has 18 heavy (non-hydrogen) atoms. The molecule has 0 aliphatic carbocycles. The van der Waals surface area contributed by atoms with E-state index in [2.05, 4.69) is 9.62 Å². The summed E-state index contributed by atoms with van der Waals surface area (Å²) in [5, 5.41) is 0. The molecule has 0 aromatic carbocycles. The number of aryl methyl sites for hydroxylation is 1. The lowest BCUT2D eigenvalue weighted by molar-refractivity contribution is 0.407. The second-order valence-corrected chi connectivity index (χ2v) is 6.57. The number of hydrogen-bond acceptors (Lipinski definition) is 4. The molecule has 1 aromatic heterocycles. The van der Waals surface area contributed by atoms with Gasteiger partial charge in [0.2, 0.25) is 10.0 Å². The van der Waals surface area contributed by atoms with Crippen LogP contribution in [0.15, 0.2) is 17.2 Å². The van der Waals surface area contributed by atoms with Crippen LogP contribution in [0.2, 0.25) is 0 Å². The SMILES string of the molecule is CN1CCC(NS(=O)(=O)c2cc(CN)n(C)c2)C1. The van der Waals surface area contributed by atoms with Crippen molar-refractivity contribution in [2.45, 2.75) is 23.9 Å². The number of likely N-dealkylation sites (N-methyl/N-ethyl adjacent to an activating group) is 1. The standard InChI is InChI=1S/C11H20N4O2S/c1-14-4-3-9(7-14)13-18(16,17)11-5-10(6-12)15(2)8-11/h5,8-9,13H,3-4,6-7,12H2,1-2H3. The van der Waals surface area contributed by atoms with E-state index in [0.717, 1.165) is 25.2 Å². The van der Waals surface area contributed by atoms with Crippen molar-refractivity contribution >= 4 is 10.0 Å². The van der Waals surface area contributed by atoms with Crippen LogP contribution >= 0.6 is 0 Å². The van der Waals surface area contributed by atoms with Crippen molar-refractivity contribution in [2.75, 3.05) is 20.1 Å². The third-order valence-electron chi connectivity index (χ3n) is 3.32. The maximum atomic E-state index is 12.2. The van der Waals surface area contributed by atoms with Gasteiger partial charge in [-0.25, -0.2) is 13.1 Å². The van der Waals surface area contributed by atoms with E-state index in [9.17, 15) is 8.42 Å². The molecule has 1 unspecified atom stereocenters. The van der Waals surface area contributed by atoms with Crippen molar-refractivity contribution in [1.29, 1.82) is 0 Å². The molecule has 1 atom stereocenters. The molecule has 1 saturated heterocycles. The first kappa shape index (κ1) is 13.5. The summed E-state index contributed by atoms with van der Waals surface area (Å²) in [5.41, 5.74) is 6.35.